The molecule has 2 N–H and O–H groups in total. The van der Waals surface area contributed by atoms with Gasteiger partial charge in [-0.2, -0.15) is 13.2 Å². The largest absolute Gasteiger partial charge is 0.416 e. The first-order valence-electron chi connectivity index (χ1n) is 5.31. The lowest BCUT2D eigenvalue weighted by molar-refractivity contribution is -0.137. The van der Waals surface area contributed by atoms with Crippen LogP contribution in [0.2, 0.25) is 5.02 Å². The molecular formula is C11H12ClF3N2. The lowest BCUT2D eigenvalue weighted by Gasteiger charge is -2.16. The number of alkyl halides is 3. The molecule has 1 saturated heterocycles. The molecule has 1 atom stereocenters. The summed E-state index contributed by atoms with van der Waals surface area (Å²) in [5.41, 5.74) is -0.342. The number of hydrogen-bond acceptors (Lipinski definition) is 2. The first-order chi connectivity index (χ1) is 7.97. The highest BCUT2D eigenvalue weighted by atomic mass is 35.5. The molecule has 1 aliphatic heterocycles. The maximum Gasteiger partial charge on any atom is 0.416 e. The molecule has 1 heterocycles. The van der Waals surface area contributed by atoms with Crippen LogP contribution in [0.3, 0.4) is 0 Å². The van der Waals surface area contributed by atoms with E-state index in [0.29, 0.717) is 10.7 Å². The summed E-state index contributed by atoms with van der Waals surface area (Å²) in [7, 11) is 0. The molecular weight excluding hydrogens is 253 g/mol. The maximum atomic E-state index is 12.5. The fourth-order valence-electron chi connectivity index (χ4n) is 1.81. The molecule has 0 spiro atoms. The predicted molar refractivity (Wildman–Crippen MR) is 61.4 cm³/mol. The van der Waals surface area contributed by atoms with Gasteiger partial charge in [0.1, 0.15) is 0 Å². The fraction of sp³-hybridized carbons (Fsp3) is 0.455. The van der Waals surface area contributed by atoms with Crippen molar-refractivity contribution in [3.05, 3.63) is 28.8 Å². The van der Waals surface area contributed by atoms with E-state index in [0.717, 1.165) is 31.6 Å². The van der Waals surface area contributed by atoms with Crippen molar-refractivity contribution in [1.82, 2.24) is 5.32 Å². The Morgan fingerprint density at radius 1 is 1.35 bits per heavy atom. The molecule has 2 rings (SSSR count). The van der Waals surface area contributed by atoms with Crippen LogP contribution in [0, 0.1) is 0 Å². The van der Waals surface area contributed by atoms with E-state index in [9.17, 15) is 13.2 Å². The number of hydrogen-bond donors (Lipinski definition) is 2. The monoisotopic (exact) mass is 264 g/mol. The molecule has 0 aromatic heterocycles. The second kappa shape index (κ2) is 4.74. The van der Waals surface area contributed by atoms with Crippen molar-refractivity contribution in [3.8, 4) is 0 Å². The third-order valence-electron chi connectivity index (χ3n) is 2.71. The standard InChI is InChI=1S/C11H12ClF3N2/c12-9-2-1-7(11(13,14)15)5-10(9)17-8-3-4-16-6-8/h1-2,5,8,16-17H,3-4,6H2. The van der Waals surface area contributed by atoms with E-state index in [4.69, 9.17) is 11.6 Å². The van der Waals surface area contributed by atoms with Crippen molar-refractivity contribution in [2.24, 2.45) is 0 Å². The first kappa shape index (κ1) is 12.5. The molecule has 1 unspecified atom stereocenters. The molecule has 6 heteroatoms. The summed E-state index contributed by atoms with van der Waals surface area (Å²) in [6.07, 6.45) is -3.46. The lowest BCUT2D eigenvalue weighted by Crippen LogP contribution is -2.22. The number of rotatable bonds is 2. The topological polar surface area (TPSA) is 24.1 Å². The molecule has 1 aromatic rings. The van der Waals surface area contributed by atoms with Gasteiger partial charge in [-0.25, -0.2) is 0 Å². The Bertz CT molecular complexity index is 400. The van der Waals surface area contributed by atoms with E-state index in [2.05, 4.69) is 10.6 Å². The molecule has 1 aliphatic rings. The second-order valence-electron chi connectivity index (χ2n) is 4.03. The maximum absolute atomic E-state index is 12.5. The molecule has 0 saturated carbocycles. The van der Waals surface area contributed by atoms with Crippen molar-refractivity contribution in [1.29, 1.82) is 0 Å². The Kier molecular flexibility index (Phi) is 3.49. The van der Waals surface area contributed by atoms with Crippen molar-refractivity contribution >= 4 is 17.3 Å². The van der Waals surface area contributed by atoms with Crippen molar-refractivity contribution < 1.29 is 13.2 Å². The Hall–Kier alpha value is -0.940. The van der Waals surface area contributed by atoms with E-state index in [-0.39, 0.29) is 6.04 Å². The number of anilines is 1. The minimum absolute atomic E-state index is 0.135. The van der Waals surface area contributed by atoms with E-state index < -0.39 is 11.7 Å². The van der Waals surface area contributed by atoms with Crippen LogP contribution in [0.1, 0.15) is 12.0 Å². The van der Waals surface area contributed by atoms with Gasteiger partial charge < -0.3 is 10.6 Å². The molecule has 1 fully saturated rings. The summed E-state index contributed by atoms with van der Waals surface area (Å²) >= 11 is 5.87. The Balaban J connectivity index is 2.20. The summed E-state index contributed by atoms with van der Waals surface area (Å²) in [6.45, 7) is 1.61. The summed E-state index contributed by atoms with van der Waals surface area (Å²) in [6, 6.07) is 3.45. The molecule has 0 bridgehead atoms. The number of nitrogens with one attached hydrogen (secondary N) is 2. The Morgan fingerprint density at radius 2 is 2.12 bits per heavy atom. The van der Waals surface area contributed by atoms with Crippen LogP contribution >= 0.6 is 11.6 Å². The Labute approximate surface area is 102 Å². The van der Waals surface area contributed by atoms with Gasteiger partial charge >= 0.3 is 6.18 Å². The van der Waals surface area contributed by atoms with Gasteiger partial charge in [-0.1, -0.05) is 11.6 Å². The van der Waals surface area contributed by atoms with Gasteiger partial charge in [0, 0.05) is 12.6 Å². The molecule has 0 aliphatic carbocycles. The normalized spacial score (nSPS) is 20.6. The third kappa shape index (κ3) is 3.04. The first-order valence-corrected chi connectivity index (χ1v) is 5.68. The van der Waals surface area contributed by atoms with Crippen LogP contribution in [-0.2, 0) is 6.18 Å². The molecule has 0 radical (unpaired) electrons. The zero-order chi connectivity index (χ0) is 12.5. The lowest BCUT2D eigenvalue weighted by atomic mass is 10.1. The van der Waals surface area contributed by atoms with Crippen molar-refractivity contribution in [3.63, 3.8) is 0 Å². The van der Waals surface area contributed by atoms with Crippen LogP contribution in [0.4, 0.5) is 18.9 Å². The summed E-state index contributed by atoms with van der Waals surface area (Å²) in [5, 5.41) is 6.47. The molecule has 1 aromatic carbocycles. The molecule has 94 valence electrons. The highest BCUT2D eigenvalue weighted by Crippen LogP contribution is 2.34. The van der Waals surface area contributed by atoms with Gasteiger partial charge in [0.25, 0.3) is 0 Å². The van der Waals surface area contributed by atoms with Gasteiger partial charge in [-0.05, 0) is 31.2 Å². The zero-order valence-corrected chi connectivity index (χ0v) is 9.70. The summed E-state index contributed by atoms with van der Waals surface area (Å²) in [5.74, 6) is 0. The summed E-state index contributed by atoms with van der Waals surface area (Å²) in [4.78, 5) is 0. The molecule has 17 heavy (non-hydrogen) atoms. The quantitative estimate of drug-likeness (QED) is 0.858. The van der Waals surface area contributed by atoms with Crippen molar-refractivity contribution in [2.75, 3.05) is 18.4 Å². The Morgan fingerprint density at radius 3 is 2.71 bits per heavy atom. The van der Waals surface area contributed by atoms with Gasteiger partial charge in [0.2, 0.25) is 0 Å². The second-order valence-corrected chi connectivity index (χ2v) is 4.43. The van der Waals surface area contributed by atoms with E-state index in [1.54, 1.807) is 0 Å². The SMILES string of the molecule is FC(F)(F)c1ccc(Cl)c(NC2CCNC2)c1. The zero-order valence-electron chi connectivity index (χ0n) is 8.94. The smallest absolute Gasteiger partial charge is 0.380 e. The van der Waals surface area contributed by atoms with Gasteiger partial charge in [-0.15, -0.1) is 0 Å². The van der Waals surface area contributed by atoms with Crippen LogP contribution in [0.5, 0.6) is 0 Å². The van der Waals surface area contributed by atoms with Crippen LogP contribution < -0.4 is 10.6 Å². The van der Waals surface area contributed by atoms with Crippen molar-refractivity contribution in [2.45, 2.75) is 18.6 Å². The molecule has 2 nitrogen and oxygen atoms in total. The van der Waals surface area contributed by atoms with E-state index >= 15 is 0 Å². The minimum Gasteiger partial charge on any atom is -0.380 e. The highest BCUT2D eigenvalue weighted by molar-refractivity contribution is 6.33. The highest BCUT2D eigenvalue weighted by Gasteiger charge is 2.31. The average molecular weight is 265 g/mol. The third-order valence-corrected chi connectivity index (χ3v) is 3.04. The number of halogens is 4. The average Bonchev–Trinajstić information content (AvgIpc) is 2.72. The van der Waals surface area contributed by atoms with E-state index in [1.165, 1.54) is 6.07 Å². The minimum atomic E-state index is -4.34. The van der Waals surface area contributed by atoms with Crippen LogP contribution in [0.25, 0.3) is 0 Å². The van der Waals surface area contributed by atoms with Gasteiger partial charge in [0.15, 0.2) is 0 Å². The van der Waals surface area contributed by atoms with Crippen LogP contribution in [-0.4, -0.2) is 19.1 Å². The number of benzene rings is 1. The van der Waals surface area contributed by atoms with E-state index in [1.807, 2.05) is 0 Å². The van der Waals surface area contributed by atoms with Gasteiger partial charge in [-0.3, -0.25) is 0 Å². The predicted octanol–water partition coefficient (Wildman–Crippen LogP) is 3.13. The van der Waals surface area contributed by atoms with Gasteiger partial charge in [0.05, 0.1) is 16.3 Å². The molecule has 0 amide bonds. The fourth-order valence-corrected chi connectivity index (χ4v) is 1.98. The summed E-state index contributed by atoms with van der Waals surface area (Å²) < 4.78 is 37.6. The van der Waals surface area contributed by atoms with Crippen LogP contribution in [0.15, 0.2) is 18.2 Å².